The van der Waals surface area contributed by atoms with Crippen LogP contribution < -0.4 is 21.7 Å². The number of H-pyrrole nitrogens is 1. The first kappa shape index (κ1) is 21.1. The lowest BCUT2D eigenvalue weighted by atomic mass is 10.0. The molecule has 0 radical (unpaired) electrons. The normalized spacial score (nSPS) is 12.9. The number of rotatable bonds is 10. The number of amides is 3. The maximum Gasteiger partial charge on any atom is 0.326 e. The molecule has 0 saturated heterocycles. The van der Waals surface area contributed by atoms with Crippen molar-refractivity contribution in [2.24, 2.45) is 11.7 Å². The van der Waals surface area contributed by atoms with Crippen LogP contribution >= 0.6 is 0 Å². The highest BCUT2D eigenvalue weighted by atomic mass is 16.4. The SMILES string of the molecule is CC(C)C(NC(=O)CN)C(=O)NCC(=O)NC(Cc1cnc[nH]1)C(=O)O. The van der Waals surface area contributed by atoms with Gasteiger partial charge in [-0.1, -0.05) is 13.8 Å². The van der Waals surface area contributed by atoms with Gasteiger partial charge in [-0.3, -0.25) is 14.4 Å². The summed E-state index contributed by atoms with van der Waals surface area (Å²) in [5.74, 6) is -3.15. The molecule has 1 heterocycles. The van der Waals surface area contributed by atoms with E-state index in [1.807, 2.05) is 0 Å². The van der Waals surface area contributed by atoms with Gasteiger partial charge in [0.25, 0.3) is 0 Å². The van der Waals surface area contributed by atoms with E-state index < -0.39 is 42.3 Å². The van der Waals surface area contributed by atoms with Gasteiger partial charge >= 0.3 is 5.97 Å². The van der Waals surface area contributed by atoms with E-state index in [1.165, 1.54) is 12.5 Å². The summed E-state index contributed by atoms with van der Waals surface area (Å²) in [4.78, 5) is 53.2. The van der Waals surface area contributed by atoms with Crippen LogP contribution in [-0.4, -0.2) is 63.9 Å². The number of nitrogens with zero attached hydrogens (tertiary/aromatic N) is 1. The molecule has 26 heavy (non-hydrogen) atoms. The van der Waals surface area contributed by atoms with Gasteiger partial charge in [-0.25, -0.2) is 9.78 Å². The average molecular weight is 368 g/mol. The van der Waals surface area contributed by atoms with Crippen LogP contribution in [-0.2, 0) is 25.6 Å². The van der Waals surface area contributed by atoms with Crippen molar-refractivity contribution < 1.29 is 24.3 Å². The molecule has 0 saturated carbocycles. The minimum Gasteiger partial charge on any atom is -0.480 e. The molecule has 3 amide bonds. The zero-order chi connectivity index (χ0) is 19.7. The number of hydrogen-bond donors (Lipinski definition) is 6. The van der Waals surface area contributed by atoms with E-state index in [1.54, 1.807) is 13.8 Å². The van der Waals surface area contributed by atoms with Gasteiger partial charge in [0, 0.05) is 18.3 Å². The number of carbonyl (C=O) groups is 4. The summed E-state index contributed by atoms with van der Waals surface area (Å²) in [5, 5.41) is 16.4. The quantitative estimate of drug-likeness (QED) is 0.269. The molecule has 0 bridgehead atoms. The molecular formula is C15H24N6O5. The second-order valence-corrected chi connectivity index (χ2v) is 5.95. The Kier molecular flexibility index (Phi) is 8.22. The number of aromatic nitrogens is 2. The van der Waals surface area contributed by atoms with E-state index in [2.05, 4.69) is 25.9 Å². The first-order valence-corrected chi connectivity index (χ1v) is 8.01. The maximum absolute atomic E-state index is 12.1. The Bertz CT molecular complexity index is 630. The molecule has 1 aromatic heterocycles. The number of nitrogens with two attached hydrogens (primary N) is 1. The summed E-state index contributed by atoms with van der Waals surface area (Å²) in [7, 11) is 0. The van der Waals surface area contributed by atoms with Crippen LogP contribution in [0.15, 0.2) is 12.5 Å². The Morgan fingerprint density at radius 1 is 1.23 bits per heavy atom. The first-order chi connectivity index (χ1) is 12.2. The third-order valence-electron chi connectivity index (χ3n) is 3.49. The third kappa shape index (κ3) is 6.89. The molecule has 0 aliphatic rings. The van der Waals surface area contributed by atoms with Gasteiger partial charge in [0.15, 0.2) is 0 Å². The third-order valence-corrected chi connectivity index (χ3v) is 3.49. The lowest BCUT2D eigenvalue weighted by Crippen LogP contribution is -2.53. The van der Waals surface area contributed by atoms with Gasteiger partial charge in [-0.2, -0.15) is 0 Å². The van der Waals surface area contributed by atoms with Crippen molar-refractivity contribution in [2.45, 2.75) is 32.4 Å². The Balaban J connectivity index is 2.55. The van der Waals surface area contributed by atoms with E-state index in [0.29, 0.717) is 5.69 Å². The number of nitrogens with one attached hydrogen (secondary N) is 4. The molecule has 11 heteroatoms. The minimum atomic E-state index is -1.21. The number of imidazole rings is 1. The lowest BCUT2D eigenvalue weighted by Gasteiger charge is -2.21. The number of carbonyl (C=O) groups excluding carboxylic acids is 3. The number of carboxylic acid groups (broad SMARTS) is 1. The van der Waals surface area contributed by atoms with Gasteiger partial charge in [-0.15, -0.1) is 0 Å². The zero-order valence-electron chi connectivity index (χ0n) is 14.6. The van der Waals surface area contributed by atoms with Crippen LogP contribution in [0.4, 0.5) is 0 Å². The molecule has 2 atom stereocenters. The van der Waals surface area contributed by atoms with Crippen molar-refractivity contribution >= 4 is 23.7 Å². The molecule has 0 spiro atoms. The fourth-order valence-electron chi connectivity index (χ4n) is 2.11. The molecule has 0 fully saturated rings. The molecule has 1 rings (SSSR count). The summed E-state index contributed by atoms with van der Waals surface area (Å²) in [6, 6.07) is -2.02. The van der Waals surface area contributed by atoms with Gasteiger partial charge in [0.1, 0.15) is 12.1 Å². The molecule has 0 aromatic carbocycles. The maximum atomic E-state index is 12.1. The molecule has 144 valence electrons. The molecular weight excluding hydrogens is 344 g/mol. The van der Waals surface area contributed by atoms with Crippen LogP contribution in [0.25, 0.3) is 0 Å². The fraction of sp³-hybridized carbons (Fsp3) is 0.533. The summed E-state index contributed by atoms with van der Waals surface area (Å²) >= 11 is 0. The van der Waals surface area contributed by atoms with E-state index in [9.17, 15) is 24.3 Å². The molecule has 11 nitrogen and oxygen atoms in total. The van der Waals surface area contributed by atoms with Crippen LogP contribution in [0.2, 0.25) is 0 Å². The van der Waals surface area contributed by atoms with Crippen LogP contribution in [0.1, 0.15) is 19.5 Å². The van der Waals surface area contributed by atoms with Crippen molar-refractivity contribution in [1.82, 2.24) is 25.9 Å². The van der Waals surface area contributed by atoms with E-state index in [-0.39, 0.29) is 18.9 Å². The summed E-state index contributed by atoms with van der Waals surface area (Å²) in [6.07, 6.45) is 2.88. The van der Waals surface area contributed by atoms with Gasteiger partial charge in [0.05, 0.1) is 19.4 Å². The van der Waals surface area contributed by atoms with Crippen molar-refractivity contribution in [3.05, 3.63) is 18.2 Å². The van der Waals surface area contributed by atoms with Crippen molar-refractivity contribution in [3.8, 4) is 0 Å². The van der Waals surface area contributed by atoms with E-state index in [4.69, 9.17) is 5.73 Å². The highest BCUT2D eigenvalue weighted by Gasteiger charge is 2.25. The van der Waals surface area contributed by atoms with Crippen LogP contribution in [0.3, 0.4) is 0 Å². The van der Waals surface area contributed by atoms with E-state index in [0.717, 1.165) is 0 Å². The smallest absolute Gasteiger partial charge is 0.326 e. The number of carboxylic acids is 1. The topological polar surface area (TPSA) is 179 Å². The number of aromatic amines is 1. The highest BCUT2D eigenvalue weighted by molar-refractivity contribution is 5.92. The predicted octanol–water partition coefficient (Wildman–Crippen LogP) is -2.26. The molecule has 2 unspecified atom stereocenters. The fourth-order valence-corrected chi connectivity index (χ4v) is 2.11. The van der Waals surface area contributed by atoms with Gasteiger partial charge < -0.3 is 31.8 Å². The van der Waals surface area contributed by atoms with Crippen molar-refractivity contribution in [1.29, 1.82) is 0 Å². The van der Waals surface area contributed by atoms with Crippen LogP contribution in [0.5, 0.6) is 0 Å². The minimum absolute atomic E-state index is 0.0240. The standard InChI is InChI=1S/C15H24N6O5/c1-8(2)13(21-11(22)4-16)14(24)18-6-12(23)20-10(15(25)26)3-9-5-17-7-19-9/h5,7-8,10,13H,3-4,6,16H2,1-2H3,(H,17,19)(H,18,24)(H,20,23)(H,21,22)(H,25,26). The molecule has 1 aromatic rings. The summed E-state index contributed by atoms with van der Waals surface area (Å²) < 4.78 is 0. The second kappa shape index (κ2) is 10.1. The Morgan fingerprint density at radius 3 is 2.42 bits per heavy atom. The predicted molar refractivity (Wildman–Crippen MR) is 90.7 cm³/mol. The highest BCUT2D eigenvalue weighted by Crippen LogP contribution is 2.02. The first-order valence-electron chi connectivity index (χ1n) is 8.01. The van der Waals surface area contributed by atoms with E-state index >= 15 is 0 Å². The largest absolute Gasteiger partial charge is 0.480 e. The zero-order valence-corrected chi connectivity index (χ0v) is 14.6. The Morgan fingerprint density at radius 2 is 1.92 bits per heavy atom. The molecule has 0 aliphatic carbocycles. The summed E-state index contributed by atoms with van der Waals surface area (Å²) in [5.41, 5.74) is 5.76. The Labute approximate surface area is 150 Å². The number of hydrogen-bond acceptors (Lipinski definition) is 6. The molecule has 0 aliphatic heterocycles. The van der Waals surface area contributed by atoms with Gasteiger partial charge in [0.2, 0.25) is 17.7 Å². The Hall–Kier alpha value is -2.95. The van der Waals surface area contributed by atoms with Crippen LogP contribution in [0, 0.1) is 5.92 Å². The monoisotopic (exact) mass is 368 g/mol. The van der Waals surface area contributed by atoms with Crippen molar-refractivity contribution in [3.63, 3.8) is 0 Å². The van der Waals surface area contributed by atoms with Gasteiger partial charge in [-0.05, 0) is 5.92 Å². The number of aliphatic carboxylic acids is 1. The average Bonchev–Trinajstić information content (AvgIpc) is 3.09. The van der Waals surface area contributed by atoms with Crippen molar-refractivity contribution in [2.75, 3.05) is 13.1 Å². The lowest BCUT2D eigenvalue weighted by molar-refractivity contribution is -0.141. The second-order valence-electron chi connectivity index (χ2n) is 5.95. The molecule has 7 N–H and O–H groups in total. The summed E-state index contributed by atoms with van der Waals surface area (Å²) in [6.45, 7) is 2.77.